The number of aryl methyl sites for hydroxylation is 1. The minimum absolute atomic E-state index is 0.0733. The number of nitrogens with one attached hydrogen (secondary N) is 1. The molecule has 0 aliphatic heterocycles. The molecule has 1 N–H and O–H groups in total. The molecule has 0 spiro atoms. The van der Waals surface area contributed by atoms with Crippen molar-refractivity contribution in [3.05, 3.63) is 72.7 Å². The maximum atomic E-state index is 12.3. The molecule has 5 nitrogen and oxygen atoms in total. The number of hydrogen-bond acceptors (Lipinski definition) is 4. The maximum absolute atomic E-state index is 12.3. The van der Waals surface area contributed by atoms with E-state index in [0.29, 0.717) is 24.4 Å². The molecule has 0 saturated carbocycles. The summed E-state index contributed by atoms with van der Waals surface area (Å²) in [5, 5.41) is 2.90. The smallest absolute Gasteiger partial charge is 0.237 e. The van der Waals surface area contributed by atoms with Gasteiger partial charge in [-0.25, -0.2) is 4.98 Å². The van der Waals surface area contributed by atoms with Crippen molar-refractivity contribution in [1.82, 2.24) is 9.97 Å². The third-order valence-corrected chi connectivity index (χ3v) is 3.82. The zero-order valence-electron chi connectivity index (χ0n) is 14.0. The van der Waals surface area contributed by atoms with Gasteiger partial charge in [0, 0.05) is 30.6 Å². The van der Waals surface area contributed by atoms with Crippen molar-refractivity contribution in [2.45, 2.75) is 12.8 Å². The number of benzene rings is 1. The van der Waals surface area contributed by atoms with Crippen LogP contribution in [0.3, 0.4) is 0 Å². The number of anilines is 1. The summed E-state index contributed by atoms with van der Waals surface area (Å²) >= 11 is 0. The highest BCUT2D eigenvalue weighted by Gasteiger charge is 2.11. The van der Waals surface area contributed by atoms with Crippen LogP contribution in [0.2, 0.25) is 0 Å². The summed E-state index contributed by atoms with van der Waals surface area (Å²) in [4.78, 5) is 20.6. The Kier molecular flexibility index (Phi) is 5.36. The van der Waals surface area contributed by atoms with E-state index in [4.69, 9.17) is 4.74 Å². The van der Waals surface area contributed by atoms with Gasteiger partial charge in [0.1, 0.15) is 5.69 Å². The fourth-order valence-electron chi connectivity index (χ4n) is 2.52. The number of carbonyl (C=O) groups is 1. The highest BCUT2D eigenvalue weighted by atomic mass is 16.5. The summed E-state index contributed by atoms with van der Waals surface area (Å²) in [7, 11) is 1.54. The molecular formula is C20H19N3O2. The number of nitrogens with zero attached hydrogens (tertiary/aromatic N) is 2. The molecule has 126 valence electrons. The zero-order chi connectivity index (χ0) is 17.5. The van der Waals surface area contributed by atoms with E-state index in [0.717, 1.165) is 16.7 Å². The lowest BCUT2D eigenvalue weighted by molar-refractivity contribution is -0.116. The van der Waals surface area contributed by atoms with Crippen LogP contribution in [0.15, 0.2) is 67.1 Å². The molecule has 1 aromatic carbocycles. The molecule has 3 rings (SSSR count). The predicted octanol–water partition coefficient (Wildman–Crippen LogP) is 3.72. The maximum Gasteiger partial charge on any atom is 0.237 e. The Morgan fingerprint density at radius 1 is 1.08 bits per heavy atom. The standard InChI is InChI=1S/C20H19N3O2/c1-25-20-18(13-17(14-22-20)16-9-11-21-12-10-16)23-19(24)8-7-15-5-3-2-4-6-15/h2-6,9-14H,7-8H2,1H3,(H,23,24). The zero-order valence-corrected chi connectivity index (χ0v) is 14.0. The van der Waals surface area contributed by atoms with Gasteiger partial charge in [0.15, 0.2) is 0 Å². The van der Waals surface area contributed by atoms with Crippen LogP contribution in [-0.4, -0.2) is 23.0 Å². The van der Waals surface area contributed by atoms with Crippen LogP contribution < -0.4 is 10.1 Å². The van der Waals surface area contributed by atoms with Gasteiger partial charge in [-0.3, -0.25) is 9.78 Å². The Bertz CT molecular complexity index is 836. The average molecular weight is 333 g/mol. The van der Waals surface area contributed by atoms with E-state index in [1.807, 2.05) is 48.5 Å². The number of aromatic nitrogens is 2. The molecule has 0 radical (unpaired) electrons. The second-order valence-electron chi connectivity index (χ2n) is 5.55. The summed E-state index contributed by atoms with van der Waals surface area (Å²) in [6.07, 6.45) is 6.24. The molecule has 0 saturated heterocycles. The number of pyridine rings is 2. The Morgan fingerprint density at radius 2 is 1.84 bits per heavy atom. The number of amides is 1. The van der Waals surface area contributed by atoms with E-state index >= 15 is 0 Å². The number of hydrogen-bond donors (Lipinski definition) is 1. The van der Waals surface area contributed by atoms with Crippen molar-refractivity contribution in [3.8, 4) is 17.0 Å². The van der Waals surface area contributed by atoms with E-state index in [2.05, 4.69) is 15.3 Å². The highest BCUT2D eigenvalue weighted by Crippen LogP contribution is 2.28. The molecule has 0 fully saturated rings. The first kappa shape index (κ1) is 16.6. The lowest BCUT2D eigenvalue weighted by atomic mass is 10.1. The lowest BCUT2D eigenvalue weighted by Gasteiger charge is -2.11. The van der Waals surface area contributed by atoms with E-state index < -0.39 is 0 Å². The van der Waals surface area contributed by atoms with E-state index in [1.54, 1.807) is 18.6 Å². The third-order valence-electron chi connectivity index (χ3n) is 3.82. The molecule has 0 aliphatic carbocycles. The van der Waals surface area contributed by atoms with Crippen molar-refractivity contribution in [2.24, 2.45) is 0 Å². The van der Waals surface area contributed by atoms with Crippen molar-refractivity contribution in [3.63, 3.8) is 0 Å². The van der Waals surface area contributed by atoms with Gasteiger partial charge in [-0.05, 0) is 35.7 Å². The fourth-order valence-corrected chi connectivity index (χ4v) is 2.52. The minimum atomic E-state index is -0.0733. The van der Waals surface area contributed by atoms with E-state index in [9.17, 15) is 4.79 Å². The van der Waals surface area contributed by atoms with Crippen molar-refractivity contribution in [2.75, 3.05) is 12.4 Å². The second kappa shape index (κ2) is 8.06. The van der Waals surface area contributed by atoms with Crippen LogP contribution in [0.5, 0.6) is 5.88 Å². The van der Waals surface area contributed by atoms with Gasteiger partial charge in [0.05, 0.1) is 7.11 Å². The average Bonchev–Trinajstić information content (AvgIpc) is 2.68. The molecule has 0 unspecified atom stereocenters. The van der Waals surface area contributed by atoms with E-state index in [-0.39, 0.29) is 5.91 Å². The van der Waals surface area contributed by atoms with Crippen molar-refractivity contribution in [1.29, 1.82) is 0 Å². The van der Waals surface area contributed by atoms with Crippen LogP contribution in [0.25, 0.3) is 11.1 Å². The van der Waals surface area contributed by atoms with Crippen LogP contribution >= 0.6 is 0 Å². The molecule has 0 aliphatic rings. The quantitative estimate of drug-likeness (QED) is 0.746. The minimum Gasteiger partial charge on any atom is -0.480 e. The Balaban J connectivity index is 1.73. The molecule has 3 aromatic rings. The van der Waals surface area contributed by atoms with Gasteiger partial charge in [-0.1, -0.05) is 30.3 Å². The Hall–Kier alpha value is -3.21. The van der Waals surface area contributed by atoms with Crippen molar-refractivity contribution >= 4 is 11.6 Å². The number of methoxy groups -OCH3 is 1. The summed E-state index contributed by atoms with van der Waals surface area (Å²) in [6.45, 7) is 0. The van der Waals surface area contributed by atoms with Crippen LogP contribution in [0, 0.1) is 0 Å². The van der Waals surface area contributed by atoms with Crippen LogP contribution in [-0.2, 0) is 11.2 Å². The summed E-state index contributed by atoms with van der Waals surface area (Å²) in [5.74, 6) is 0.321. The predicted molar refractivity (Wildman–Crippen MR) is 97.4 cm³/mol. The molecule has 0 bridgehead atoms. The monoisotopic (exact) mass is 333 g/mol. The first-order valence-corrected chi connectivity index (χ1v) is 8.04. The number of rotatable bonds is 6. The summed E-state index contributed by atoms with van der Waals surface area (Å²) in [5.41, 5.74) is 3.56. The normalized spacial score (nSPS) is 10.3. The van der Waals surface area contributed by atoms with Crippen LogP contribution in [0.1, 0.15) is 12.0 Å². The molecular weight excluding hydrogens is 314 g/mol. The third kappa shape index (κ3) is 4.41. The van der Waals surface area contributed by atoms with Crippen molar-refractivity contribution < 1.29 is 9.53 Å². The lowest BCUT2D eigenvalue weighted by Crippen LogP contribution is -2.13. The second-order valence-corrected chi connectivity index (χ2v) is 5.55. The topological polar surface area (TPSA) is 64.1 Å². The van der Waals surface area contributed by atoms with Gasteiger partial charge in [-0.15, -0.1) is 0 Å². The molecule has 1 amide bonds. The molecule has 5 heteroatoms. The number of carbonyl (C=O) groups excluding carboxylic acids is 1. The van der Waals surface area contributed by atoms with Gasteiger partial charge in [-0.2, -0.15) is 0 Å². The summed E-state index contributed by atoms with van der Waals surface area (Å²) in [6, 6.07) is 15.6. The summed E-state index contributed by atoms with van der Waals surface area (Å²) < 4.78 is 5.26. The highest BCUT2D eigenvalue weighted by molar-refractivity contribution is 5.92. The molecule has 0 atom stereocenters. The first-order valence-electron chi connectivity index (χ1n) is 8.04. The fraction of sp³-hybridized carbons (Fsp3) is 0.150. The number of ether oxygens (including phenoxy) is 1. The van der Waals surface area contributed by atoms with E-state index in [1.165, 1.54) is 7.11 Å². The van der Waals surface area contributed by atoms with Crippen LogP contribution in [0.4, 0.5) is 5.69 Å². The van der Waals surface area contributed by atoms with Gasteiger partial charge >= 0.3 is 0 Å². The molecule has 2 aromatic heterocycles. The van der Waals surface area contributed by atoms with Gasteiger partial charge in [0.25, 0.3) is 0 Å². The Morgan fingerprint density at radius 3 is 2.56 bits per heavy atom. The molecule has 25 heavy (non-hydrogen) atoms. The Labute approximate surface area is 146 Å². The SMILES string of the molecule is COc1ncc(-c2ccncc2)cc1NC(=O)CCc1ccccc1. The molecule has 2 heterocycles. The van der Waals surface area contributed by atoms with Gasteiger partial charge < -0.3 is 10.1 Å². The largest absolute Gasteiger partial charge is 0.480 e. The van der Waals surface area contributed by atoms with Gasteiger partial charge in [0.2, 0.25) is 11.8 Å². The first-order chi connectivity index (χ1) is 12.3.